The highest BCUT2D eigenvalue weighted by Gasteiger charge is 2.52. The minimum atomic E-state index is -0.630. The molecule has 11 aromatic carbocycles. The molecule has 3 heteroatoms. The second-order valence-corrected chi connectivity index (χ2v) is 18.0. The summed E-state index contributed by atoms with van der Waals surface area (Å²) in [4.78, 5) is 4.83. The van der Waals surface area contributed by atoms with Gasteiger partial charge in [-0.05, 0) is 146 Å². The molecule has 0 radical (unpaired) electrons. The van der Waals surface area contributed by atoms with Gasteiger partial charge in [0, 0.05) is 50.8 Å². The van der Waals surface area contributed by atoms with E-state index >= 15 is 0 Å². The zero-order valence-corrected chi connectivity index (χ0v) is 37.1. The molecule has 2 aliphatic carbocycles. The lowest BCUT2D eigenvalue weighted by Crippen LogP contribution is -2.26. The fourth-order valence-electron chi connectivity index (χ4n) is 11.5. The van der Waals surface area contributed by atoms with Crippen molar-refractivity contribution in [3.05, 3.63) is 277 Å². The zero-order valence-electron chi connectivity index (χ0n) is 37.1. The van der Waals surface area contributed by atoms with Gasteiger partial charge in [-0.25, -0.2) is 0 Å². The molecule has 14 rings (SSSR count). The SMILES string of the molecule is c1ccc(N(c2ccccc2)c2ccc3c(c2)C2(c4ccccc4-3)c3ccccc3-c3cc(-c4ccc5ccccc5c4)c(N(c4ccccc4)c4ccc5c(c4)oc4ccccc45)cc32)cc1. The molecule has 0 saturated carbocycles. The first-order chi connectivity index (χ1) is 33.7. The standard InChI is InChI=1S/C65H42N2O/c1-4-20-46(21-5-1)66(47-22-6-2-7-23-47)49-34-36-53-51-26-12-15-29-58(51)65(60(53)39-49)59-30-16-13-27-52(59)57-41-56(45-33-32-43-18-10-11-19-44(43)38-45)62(42-61(57)65)67(48-24-8-3-9-25-48)50-35-37-55-54-28-14-17-31-63(54)68-64(55)40-50/h1-42H. The van der Waals surface area contributed by atoms with E-state index in [1.54, 1.807) is 0 Å². The number of fused-ring (bicyclic) bond motifs is 14. The Morgan fingerprint density at radius 2 is 0.809 bits per heavy atom. The maximum absolute atomic E-state index is 6.61. The Labute approximate surface area is 395 Å². The van der Waals surface area contributed by atoms with Crippen LogP contribution in [-0.2, 0) is 5.41 Å². The van der Waals surface area contributed by atoms with Crippen LogP contribution in [0.2, 0.25) is 0 Å². The third kappa shape index (κ3) is 5.66. The highest BCUT2D eigenvalue weighted by atomic mass is 16.3. The quantitative estimate of drug-likeness (QED) is 0.159. The van der Waals surface area contributed by atoms with Crippen LogP contribution in [-0.4, -0.2) is 0 Å². The summed E-state index contributed by atoms with van der Waals surface area (Å²) < 4.78 is 6.61. The van der Waals surface area contributed by atoms with Crippen LogP contribution in [0.15, 0.2) is 259 Å². The lowest BCUT2D eigenvalue weighted by molar-refractivity contribution is 0.669. The molecule has 0 fully saturated rings. The third-order valence-electron chi connectivity index (χ3n) is 14.4. The highest BCUT2D eigenvalue weighted by molar-refractivity contribution is 6.07. The predicted molar refractivity (Wildman–Crippen MR) is 282 cm³/mol. The van der Waals surface area contributed by atoms with Crippen molar-refractivity contribution in [1.82, 2.24) is 0 Å². The van der Waals surface area contributed by atoms with Gasteiger partial charge < -0.3 is 14.2 Å². The Morgan fingerprint density at radius 1 is 0.279 bits per heavy atom. The van der Waals surface area contributed by atoms with Gasteiger partial charge in [0.25, 0.3) is 0 Å². The lowest BCUT2D eigenvalue weighted by atomic mass is 9.70. The molecule has 0 aliphatic heterocycles. The third-order valence-corrected chi connectivity index (χ3v) is 14.4. The molecule has 1 heterocycles. The number of benzene rings is 11. The molecule has 0 bridgehead atoms. The van der Waals surface area contributed by atoms with Crippen molar-refractivity contribution < 1.29 is 4.42 Å². The number of para-hydroxylation sites is 4. The molecule has 1 aromatic heterocycles. The molecule has 2 aliphatic rings. The van der Waals surface area contributed by atoms with E-state index in [1.165, 1.54) is 55.3 Å². The minimum Gasteiger partial charge on any atom is -0.456 e. The number of hydrogen-bond donors (Lipinski definition) is 0. The number of nitrogens with zero attached hydrogens (tertiary/aromatic N) is 2. The number of hydrogen-bond acceptors (Lipinski definition) is 3. The Hall–Kier alpha value is -8.92. The first-order valence-electron chi connectivity index (χ1n) is 23.4. The van der Waals surface area contributed by atoms with Gasteiger partial charge in [-0.3, -0.25) is 0 Å². The molecule has 1 atom stereocenters. The summed E-state index contributed by atoms with van der Waals surface area (Å²) in [5.74, 6) is 0. The van der Waals surface area contributed by atoms with Crippen LogP contribution in [0.3, 0.4) is 0 Å². The predicted octanol–water partition coefficient (Wildman–Crippen LogP) is 17.7. The van der Waals surface area contributed by atoms with E-state index < -0.39 is 5.41 Å². The van der Waals surface area contributed by atoms with Gasteiger partial charge in [0.1, 0.15) is 11.2 Å². The van der Waals surface area contributed by atoms with Gasteiger partial charge in [-0.15, -0.1) is 0 Å². The number of rotatable bonds is 7. The van der Waals surface area contributed by atoms with Crippen molar-refractivity contribution in [3.63, 3.8) is 0 Å². The van der Waals surface area contributed by atoms with Gasteiger partial charge in [0.2, 0.25) is 0 Å². The van der Waals surface area contributed by atoms with Crippen molar-refractivity contribution in [2.75, 3.05) is 9.80 Å². The van der Waals surface area contributed by atoms with Gasteiger partial charge in [0.15, 0.2) is 0 Å². The molecule has 0 saturated heterocycles. The van der Waals surface area contributed by atoms with Crippen LogP contribution >= 0.6 is 0 Å². The van der Waals surface area contributed by atoms with Gasteiger partial charge in [-0.2, -0.15) is 0 Å². The second kappa shape index (κ2) is 15.1. The van der Waals surface area contributed by atoms with Crippen LogP contribution in [0, 0.1) is 0 Å². The zero-order chi connectivity index (χ0) is 44.8. The van der Waals surface area contributed by atoms with E-state index in [2.05, 4.69) is 259 Å². The van der Waals surface area contributed by atoms with Crippen LogP contribution in [0.5, 0.6) is 0 Å². The van der Waals surface area contributed by atoms with Crippen LogP contribution < -0.4 is 9.80 Å². The van der Waals surface area contributed by atoms with Gasteiger partial charge in [0.05, 0.1) is 11.1 Å². The van der Waals surface area contributed by atoms with Crippen LogP contribution in [0.25, 0.3) is 66.1 Å². The van der Waals surface area contributed by atoms with E-state index in [4.69, 9.17) is 4.42 Å². The second-order valence-electron chi connectivity index (χ2n) is 18.0. The molecule has 0 N–H and O–H groups in total. The molecule has 1 unspecified atom stereocenters. The van der Waals surface area contributed by atoms with Crippen molar-refractivity contribution in [1.29, 1.82) is 0 Å². The molecule has 318 valence electrons. The normalized spacial score (nSPS) is 14.2. The van der Waals surface area contributed by atoms with Crippen molar-refractivity contribution in [2.24, 2.45) is 0 Å². The maximum Gasteiger partial charge on any atom is 0.137 e. The van der Waals surface area contributed by atoms with Gasteiger partial charge in [-0.1, -0.05) is 164 Å². The molecule has 3 nitrogen and oxygen atoms in total. The Morgan fingerprint density at radius 3 is 1.53 bits per heavy atom. The fourth-order valence-corrected chi connectivity index (χ4v) is 11.5. The van der Waals surface area contributed by atoms with Crippen molar-refractivity contribution in [3.8, 4) is 33.4 Å². The largest absolute Gasteiger partial charge is 0.456 e. The topological polar surface area (TPSA) is 19.6 Å². The number of furan rings is 1. The van der Waals surface area contributed by atoms with E-state index in [0.29, 0.717) is 0 Å². The van der Waals surface area contributed by atoms with E-state index in [0.717, 1.165) is 67.2 Å². The first kappa shape index (κ1) is 38.4. The fraction of sp³-hybridized carbons (Fsp3) is 0.0154. The summed E-state index contributed by atoms with van der Waals surface area (Å²) in [5.41, 5.74) is 20.0. The lowest BCUT2D eigenvalue weighted by Gasteiger charge is -2.34. The molecule has 1 spiro atoms. The highest BCUT2D eigenvalue weighted by Crippen LogP contribution is 2.65. The summed E-state index contributed by atoms with van der Waals surface area (Å²) in [6, 6.07) is 93.3. The summed E-state index contributed by atoms with van der Waals surface area (Å²) in [6.45, 7) is 0. The Balaban J connectivity index is 1.08. The summed E-state index contributed by atoms with van der Waals surface area (Å²) in [5, 5.41) is 4.64. The number of anilines is 6. The molecular weight excluding hydrogens is 825 g/mol. The summed E-state index contributed by atoms with van der Waals surface area (Å²) in [7, 11) is 0. The van der Waals surface area contributed by atoms with Crippen molar-refractivity contribution in [2.45, 2.75) is 5.41 Å². The minimum absolute atomic E-state index is 0.630. The van der Waals surface area contributed by atoms with E-state index in [9.17, 15) is 0 Å². The monoisotopic (exact) mass is 866 g/mol. The van der Waals surface area contributed by atoms with Gasteiger partial charge >= 0.3 is 0 Å². The van der Waals surface area contributed by atoms with E-state index in [-0.39, 0.29) is 0 Å². The Bertz CT molecular complexity index is 3890. The first-order valence-corrected chi connectivity index (χ1v) is 23.4. The smallest absolute Gasteiger partial charge is 0.137 e. The van der Waals surface area contributed by atoms with Crippen LogP contribution in [0.1, 0.15) is 22.3 Å². The summed E-state index contributed by atoms with van der Waals surface area (Å²) >= 11 is 0. The summed E-state index contributed by atoms with van der Waals surface area (Å²) in [6.07, 6.45) is 0. The molecule has 68 heavy (non-hydrogen) atoms. The Kier molecular flexibility index (Phi) is 8.50. The average molecular weight is 867 g/mol. The maximum atomic E-state index is 6.61. The molecule has 12 aromatic rings. The average Bonchev–Trinajstić information content (AvgIpc) is 4.03. The van der Waals surface area contributed by atoms with Crippen molar-refractivity contribution >= 4 is 66.8 Å². The van der Waals surface area contributed by atoms with E-state index in [1.807, 2.05) is 6.07 Å². The van der Waals surface area contributed by atoms with Crippen LogP contribution in [0.4, 0.5) is 34.1 Å². The molecular formula is C65H42N2O. The molecule has 0 amide bonds.